The molecule has 1 aliphatic rings. The quantitative estimate of drug-likeness (QED) is 0.808. The first-order chi connectivity index (χ1) is 10.5. The smallest absolute Gasteiger partial charge is 0.153 e. The van der Waals surface area contributed by atoms with E-state index in [9.17, 15) is 8.42 Å². The van der Waals surface area contributed by atoms with Crippen LogP contribution in [0.1, 0.15) is 18.2 Å². The molecule has 1 atom stereocenters. The van der Waals surface area contributed by atoms with Crippen molar-refractivity contribution in [3.05, 3.63) is 42.0 Å². The summed E-state index contributed by atoms with van der Waals surface area (Å²) in [6, 6.07) is 3.90. The molecule has 8 heteroatoms. The standard InChI is InChI=1S/C14H19N5O2S/c1-12-11-22(20,21)6-5-18(12)9-14-10-19(17-16-14)8-13-3-2-4-15-7-13/h2-4,7,10,12H,5-6,8-9,11H2,1H3. The maximum atomic E-state index is 11.6. The van der Waals surface area contributed by atoms with Gasteiger partial charge in [-0.05, 0) is 18.6 Å². The minimum Gasteiger partial charge on any atom is -0.293 e. The van der Waals surface area contributed by atoms with E-state index in [2.05, 4.69) is 20.2 Å². The van der Waals surface area contributed by atoms with Crippen LogP contribution in [0.2, 0.25) is 0 Å². The zero-order valence-corrected chi connectivity index (χ0v) is 13.3. The Bertz CT molecular complexity index is 729. The van der Waals surface area contributed by atoms with E-state index in [0.29, 0.717) is 19.6 Å². The molecule has 2 aromatic heterocycles. The Hall–Kier alpha value is -1.80. The molecule has 0 amide bonds. The van der Waals surface area contributed by atoms with Gasteiger partial charge in [-0.1, -0.05) is 11.3 Å². The Balaban J connectivity index is 1.62. The first kappa shape index (κ1) is 15.1. The maximum absolute atomic E-state index is 11.6. The summed E-state index contributed by atoms with van der Waals surface area (Å²) in [4.78, 5) is 6.22. The molecule has 1 aliphatic heterocycles. The van der Waals surface area contributed by atoms with Crippen molar-refractivity contribution in [1.29, 1.82) is 0 Å². The van der Waals surface area contributed by atoms with E-state index in [-0.39, 0.29) is 17.5 Å². The average molecular weight is 321 g/mol. The largest absolute Gasteiger partial charge is 0.293 e. The second kappa shape index (κ2) is 6.13. The monoisotopic (exact) mass is 321 g/mol. The molecule has 1 saturated heterocycles. The third kappa shape index (κ3) is 3.69. The summed E-state index contributed by atoms with van der Waals surface area (Å²) in [6.45, 7) is 3.75. The topological polar surface area (TPSA) is 81.0 Å². The van der Waals surface area contributed by atoms with Crippen LogP contribution in [0.3, 0.4) is 0 Å². The SMILES string of the molecule is CC1CS(=O)(=O)CCN1Cc1cn(Cc2cccnc2)nn1. The average Bonchev–Trinajstić information content (AvgIpc) is 2.90. The van der Waals surface area contributed by atoms with Crippen LogP contribution in [-0.2, 0) is 22.9 Å². The number of hydrogen-bond acceptors (Lipinski definition) is 6. The molecule has 0 N–H and O–H groups in total. The summed E-state index contributed by atoms with van der Waals surface area (Å²) in [5, 5.41) is 8.30. The lowest BCUT2D eigenvalue weighted by Crippen LogP contribution is -2.46. The summed E-state index contributed by atoms with van der Waals surface area (Å²) in [5.41, 5.74) is 1.92. The number of nitrogens with zero attached hydrogens (tertiary/aromatic N) is 5. The van der Waals surface area contributed by atoms with Gasteiger partial charge in [-0.25, -0.2) is 13.1 Å². The van der Waals surface area contributed by atoms with Gasteiger partial charge in [0.15, 0.2) is 9.84 Å². The zero-order chi connectivity index (χ0) is 15.6. The molecular formula is C14H19N5O2S. The van der Waals surface area contributed by atoms with Crippen molar-refractivity contribution in [3.8, 4) is 0 Å². The van der Waals surface area contributed by atoms with Crippen LogP contribution in [0, 0.1) is 0 Å². The van der Waals surface area contributed by atoms with Gasteiger partial charge < -0.3 is 0 Å². The maximum Gasteiger partial charge on any atom is 0.153 e. The molecule has 118 valence electrons. The van der Waals surface area contributed by atoms with Crippen molar-refractivity contribution in [3.63, 3.8) is 0 Å². The molecule has 22 heavy (non-hydrogen) atoms. The minimum atomic E-state index is -2.88. The molecule has 3 heterocycles. The molecule has 7 nitrogen and oxygen atoms in total. The fraction of sp³-hybridized carbons (Fsp3) is 0.500. The first-order valence-corrected chi connectivity index (χ1v) is 9.06. The molecule has 1 unspecified atom stereocenters. The van der Waals surface area contributed by atoms with Crippen LogP contribution < -0.4 is 0 Å². The fourth-order valence-electron chi connectivity index (χ4n) is 2.64. The van der Waals surface area contributed by atoms with Crippen LogP contribution in [-0.4, -0.2) is 57.4 Å². The Morgan fingerprint density at radius 1 is 1.36 bits per heavy atom. The predicted molar refractivity (Wildman–Crippen MR) is 81.9 cm³/mol. The molecule has 3 rings (SSSR count). The van der Waals surface area contributed by atoms with Crippen molar-refractivity contribution in [2.45, 2.75) is 26.1 Å². The first-order valence-electron chi connectivity index (χ1n) is 7.24. The van der Waals surface area contributed by atoms with E-state index in [1.54, 1.807) is 17.1 Å². The lowest BCUT2D eigenvalue weighted by atomic mass is 10.3. The Labute approximate surface area is 129 Å². The van der Waals surface area contributed by atoms with E-state index >= 15 is 0 Å². The van der Waals surface area contributed by atoms with E-state index < -0.39 is 9.84 Å². The van der Waals surface area contributed by atoms with Gasteiger partial charge >= 0.3 is 0 Å². The predicted octanol–water partition coefficient (Wildman–Crippen LogP) is 0.340. The number of sulfone groups is 1. The van der Waals surface area contributed by atoms with Crippen LogP contribution in [0.15, 0.2) is 30.7 Å². The summed E-state index contributed by atoms with van der Waals surface area (Å²) in [6.07, 6.45) is 5.45. The summed E-state index contributed by atoms with van der Waals surface area (Å²) >= 11 is 0. The van der Waals surface area contributed by atoms with Crippen molar-refractivity contribution < 1.29 is 8.42 Å². The molecule has 0 spiro atoms. The van der Waals surface area contributed by atoms with Gasteiger partial charge in [-0.15, -0.1) is 5.10 Å². The van der Waals surface area contributed by atoms with Gasteiger partial charge in [0.05, 0.1) is 29.9 Å². The van der Waals surface area contributed by atoms with Gasteiger partial charge in [0, 0.05) is 31.5 Å². The molecule has 0 radical (unpaired) electrons. The number of rotatable bonds is 4. The van der Waals surface area contributed by atoms with Gasteiger partial charge in [-0.3, -0.25) is 9.88 Å². The lowest BCUT2D eigenvalue weighted by molar-refractivity contribution is 0.215. The van der Waals surface area contributed by atoms with Crippen LogP contribution in [0.4, 0.5) is 0 Å². The van der Waals surface area contributed by atoms with Crippen molar-refractivity contribution in [2.24, 2.45) is 0 Å². The van der Waals surface area contributed by atoms with Crippen molar-refractivity contribution in [1.82, 2.24) is 24.9 Å². The summed E-state index contributed by atoms with van der Waals surface area (Å²) < 4.78 is 25.0. The second-order valence-corrected chi connectivity index (χ2v) is 7.93. The normalized spacial score (nSPS) is 21.8. The number of aromatic nitrogens is 4. The highest BCUT2D eigenvalue weighted by molar-refractivity contribution is 7.91. The van der Waals surface area contributed by atoms with Crippen molar-refractivity contribution in [2.75, 3.05) is 18.1 Å². The third-order valence-electron chi connectivity index (χ3n) is 3.83. The molecule has 0 saturated carbocycles. The highest BCUT2D eigenvalue weighted by atomic mass is 32.2. The number of hydrogen-bond donors (Lipinski definition) is 0. The third-order valence-corrected chi connectivity index (χ3v) is 5.62. The van der Waals surface area contributed by atoms with E-state index in [0.717, 1.165) is 11.3 Å². The van der Waals surface area contributed by atoms with Crippen LogP contribution in [0.25, 0.3) is 0 Å². The van der Waals surface area contributed by atoms with E-state index in [1.165, 1.54) is 0 Å². The fourth-order valence-corrected chi connectivity index (χ4v) is 4.27. The van der Waals surface area contributed by atoms with Crippen LogP contribution >= 0.6 is 0 Å². The summed E-state index contributed by atoms with van der Waals surface area (Å²) in [7, 11) is -2.88. The number of pyridine rings is 1. The highest BCUT2D eigenvalue weighted by Crippen LogP contribution is 2.14. The van der Waals surface area contributed by atoms with Gasteiger partial charge in [-0.2, -0.15) is 0 Å². The molecule has 2 aromatic rings. The van der Waals surface area contributed by atoms with E-state index in [1.807, 2.05) is 25.3 Å². The van der Waals surface area contributed by atoms with Crippen molar-refractivity contribution >= 4 is 9.84 Å². The van der Waals surface area contributed by atoms with E-state index in [4.69, 9.17) is 0 Å². The summed E-state index contributed by atoms with van der Waals surface area (Å²) in [5.74, 6) is 0.442. The molecule has 1 fully saturated rings. The molecule has 0 aromatic carbocycles. The highest BCUT2D eigenvalue weighted by Gasteiger charge is 2.28. The zero-order valence-electron chi connectivity index (χ0n) is 12.5. The molecule has 0 bridgehead atoms. The van der Waals surface area contributed by atoms with Crippen LogP contribution in [0.5, 0.6) is 0 Å². The lowest BCUT2D eigenvalue weighted by Gasteiger charge is -2.32. The molecule has 0 aliphatic carbocycles. The minimum absolute atomic E-state index is 0.0159. The van der Waals surface area contributed by atoms with Gasteiger partial charge in [0.2, 0.25) is 0 Å². The Kier molecular flexibility index (Phi) is 4.21. The molecular weight excluding hydrogens is 302 g/mol. The van der Waals surface area contributed by atoms with Gasteiger partial charge in [0.25, 0.3) is 0 Å². The van der Waals surface area contributed by atoms with Gasteiger partial charge in [0.1, 0.15) is 0 Å². The second-order valence-electron chi connectivity index (χ2n) is 5.70. The Morgan fingerprint density at radius 3 is 2.95 bits per heavy atom. The Morgan fingerprint density at radius 2 is 2.23 bits per heavy atom.